The number of guanidine groups is 1. The zero-order valence-electron chi connectivity index (χ0n) is 13.0. The minimum Gasteiger partial charge on any atom is -0.357 e. The van der Waals surface area contributed by atoms with Crippen LogP contribution in [0.3, 0.4) is 0 Å². The van der Waals surface area contributed by atoms with E-state index in [2.05, 4.69) is 55.6 Å². The highest BCUT2D eigenvalue weighted by Crippen LogP contribution is 2.22. The molecule has 0 amide bonds. The molecule has 2 heterocycles. The van der Waals surface area contributed by atoms with Crippen molar-refractivity contribution in [2.45, 2.75) is 19.8 Å². The first-order chi connectivity index (χ1) is 11.2. The Hall–Kier alpha value is -1.11. The van der Waals surface area contributed by atoms with Crippen LogP contribution in [0.1, 0.15) is 17.4 Å². The third-order valence-electron chi connectivity index (χ3n) is 3.10. The van der Waals surface area contributed by atoms with E-state index in [1.807, 2.05) is 18.3 Å². The van der Waals surface area contributed by atoms with Gasteiger partial charge in [-0.1, -0.05) is 17.7 Å². The monoisotopic (exact) mass is 414 g/mol. The minimum atomic E-state index is 0.525. The number of nitrogens with zero attached hydrogens (tertiary/aromatic N) is 2. The largest absolute Gasteiger partial charge is 0.357 e. The average Bonchev–Trinajstić information content (AvgIpc) is 2.95. The average molecular weight is 416 g/mol. The van der Waals surface area contributed by atoms with Gasteiger partial charge in [0.1, 0.15) is 5.15 Å². The molecule has 0 bridgehead atoms. The fourth-order valence-electron chi connectivity index (χ4n) is 1.99. The van der Waals surface area contributed by atoms with E-state index in [9.17, 15) is 0 Å². The van der Waals surface area contributed by atoms with Crippen LogP contribution in [-0.4, -0.2) is 30.6 Å². The van der Waals surface area contributed by atoms with Gasteiger partial charge < -0.3 is 10.6 Å². The molecule has 0 spiro atoms. The lowest BCUT2D eigenvalue weighted by atomic mass is 10.2. The van der Waals surface area contributed by atoms with E-state index in [-0.39, 0.29) is 0 Å². The van der Waals surface area contributed by atoms with Gasteiger partial charge in [-0.15, -0.1) is 11.3 Å². The second-order valence-corrected chi connectivity index (χ2v) is 7.82. The van der Waals surface area contributed by atoms with Gasteiger partial charge in [0.05, 0.1) is 3.79 Å². The molecule has 0 radical (unpaired) electrons. The second kappa shape index (κ2) is 9.90. The van der Waals surface area contributed by atoms with Gasteiger partial charge in [-0.25, -0.2) is 4.98 Å². The molecule has 2 rings (SSSR count). The van der Waals surface area contributed by atoms with Crippen molar-refractivity contribution in [3.05, 3.63) is 49.8 Å². The summed E-state index contributed by atoms with van der Waals surface area (Å²) in [5.74, 6) is 0.852. The van der Waals surface area contributed by atoms with Crippen LogP contribution in [0.5, 0.6) is 0 Å². The van der Waals surface area contributed by atoms with E-state index >= 15 is 0 Å². The number of aliphatic imine (C=N–C) groups is 1. The number of halogens is 2. The van der Waals surface area contributed by atoms with Gasteiger partial charge in [-0.05, 0) is 53.0 Å². The lowest BCUT2D eigenvalue weighted by Gasteiger charge is -2.11. The third kappa shape index (κ3) is 6.89. The molecular formula is C16H20BrClN4S. The van der Waals surface area contributed by atoms with Crippen LogP contribution in [0.15, 0.2) is 39.2 Å². The number of pyridine rings is 1. The Bertz CT molecular complexity index is 627. The standard InChI is InChI=1S/C16H20BrClN4S/c1-2-19-16(21-10-8-13-4-5-14(17)23-13)20-9-7-12-3-6-15(18)22-11-12/h3-6,11H,2,7-10H2,1H3,(H2,19,20,21). The molecule has 2 aromatic rings. The Morgan fingerprint density at radius 1 is 1.26 bits per heavy atom. The van der Waals surface area contributed by atoms with E-state index < -0.39 is 0 Å². The van der Waals surface area contributed by atoms with Gasteiger partial charge in [-0.2, -0.15) is 0 Å². The third-order valence-corrected chi connectivity index (χ3v) is 5.00. The molecule has 2 aromatic heterocycles. The van der Waals surface area contributed by atoms with Crippen molar-refractivity contribution in [1.82, 2.24) is 15.6 Å². The number of thiophene rings is 1. The van der Waals surface area contributed by atoms with Crippen LogP contribution in [-0.2, 0) is 12.8 Å². The molecule has 0 unspecified atom stereocenters. The van der Waals surface area contributed by atoms with Crippen LogP contribution >= 0.6 is 38.9 Å². The van der Waals surface area contributed by atoms with Gasteiger partial charge in [-0.3, -0.25) is 4.99 Å². The van der Waals surface area contributed by atoms with Crippen molar-refractivity contribution < 1.29 is 0 Å². The fourth-order valence-corrected chi connectivity index (χ4v) is 3.57. The van der Waals surface area contributed by atoms with Crippen molar-refractivity contribution >= 4 is 44.8 Å². The lowest BCUT2D eigenvalue weighted by Crippen LogP contribution is -2.38. The summed E-state index contributed by atoms with van der Waals surface area (Å²) in [4.78, 5) is 10.0. The maximum absolute atomic E-state index is 5.79. The molecule has 0 aliphatic rings. The lowest BCUT2D eigenvalue weighted by molar-refractivity contribution is 0.796. The van der Waals surface area contributed by atoms with Crippen molar-refractivity contribution in [1.29, 1.82) is 0 Å². The molecule has 0 atom stereocenters. The maximum Gasteiger partial charge on any atom is 0.191 e. The van der Waals surface area contributed by atoms with Crippen LogP contribution < -0.4 is 10.6 Å². The minimum absolute atomic E-state index is 0.525. The van der Waals surface area contributed by atoms with Gasteiger partial charge in [0.15, 0.2) is 5.96 Å². The smallest absolute Gasteiger partial charge is 0.191 e. The van der Waals surface area contributed by atoms with E-state index in [4.69, 9.17) is 11.6 Å². The first-order valence-electron chi connectivity index (χ1n) is 7.54. The first-order valence-corrected chi connectivity index (χ1v) is 9.53. The molecular weight excluding hydrogens is 396 g/mol. The summed E-state index contributed by atoms with van der Waals surface area (Å²) in [5, 5.41) is 7.14. The van der Waals surface area contributed by atoms with Crippen molar-refractivity contribution in [3.8, 4) is 0 Å². The Kier molecular flexibility index (Phi) is 7.85. The molecule has 0 saturated heterocycles. The summed E-state index contributed by atoms with van der Waals surface area (Å²) in [6.45, 7) is 4.49. The van der Waals surface area contributed by atoms with Gasteiger partial charge in [0.25, 0.3) is 0 Å². The molecule has 0 aromatic carbocycles. The van der Waals surface area contributed by atoms with Crippen LogP contribution in [0.25, 0.3) is 0 Å². The number of aromatic nitrogens is 1. The molecule has 4 nitrogen and oxygen atoms in total. The van der Waals surface area contributed by atoms with E-state index in [1.165, 1.54) is 4.88 Å². The normalized spacial score (nSPS) is 11.5. The second-order valence-electron chi connectivity index (χ2n) is 4.88. The van der Waals surface area contributed by atoms with Crippen LogP contribution in [0.2, 0.25) is 5.15 Å². The predicted molar refractivity (Wildman–Crippen MR) is 103 cm³/mol. The zero-order valence-corrected chi connectivity index (χ0v) is 16.1. The Morgan fingerprint density at radius 2 is 2.13 bits per heavy atom. The number of hydrogen-bond donors (Lipinski definition) is 2. The van der Waals surface area contributed by atoms with Gasteiger partial charge in [0, 0.05) is 37.1 Å². The molecule has 7 heteroatoms. The maximum atomic E-state index is 5.79. The van der Waals surface area contributed by atoms with Gasteiger partial charge >= 0.3 is 0 Å². The molecule has 0 aliphatic heterocycles. The molecule has 0 aliphatic carbocycles. The Morgan fingerprint density at radius 3 is 2.78 bits per heavy atom. The molecule has 2 N–H and O–H groups in total. The number of nitrogens with one attached hydrogen (secondary N) is 2. The van der Waals surface area contributed by atoms with Crippen LogP contribution in [0, 0.1) is 0 Å². The van der Waals surface area contributed by atoms with Crippen LogP contribution in [0.4, 0.5) is 0 Å². The quantitative estimate of drug-likeness (QED) is 0.410. The summed E-state index contributed by atoms with van der Waals surface area (Å²) in [6, 6.07) is 8.02. The Balaban J connectivity index is 1.77. The highest BCUT2D eigenvalue weighted by atomic mass is 79.9. The summed E-state index contributed by atoms with van der Waals surface area (Å²) < 4.78 is 1.16. The molecule has 124 valence electrons. The zero-order chi connectivity index (χ0) is 16.5. The first kappa shape index (κ1) is 18.2. The molecule has 23 heavy (non-hydrogen) atoms. The SMILES string of the molecule is CCNC(=NCCc1ccc(Br)s1)NCCc1ccc(Cl)nc1. The van der Waals surface area contributed by atoms with E-state index in [1.54, 1.807) is 11.3 Å². The fraction of sp³-hybridized carbons (Fsp3) is 0.375. The van der Waals surface area contributed by atoms with Crippen molar-refractivity contribution in [2.75, 3.05) is 19.6 Å². The highest BCUT2D eigenvalue weighted by molar-refractivity contribution is 9.11. The molecule has 0 fully saturated rings. The predicted octanol–water partition coefficient (Wildman–Crippen LogP) is 3.90. The summed E-state index contributed by atoms with van der Waals surface area (Å²) >= 11 is 11.0. The van der Waals surface area contributed by atoms with Gasteiger partial charge in [0.2, 0.25) is 0 Å². The number of hydrogen-bond acceptors (Lipinski definition) is 3. The topological polar surface area (TPSA) is 49.3 Å². The summed E-state index contributed by atoms with van der Waals surface area (Å²) in [7, 11) is 0. The summed E-state index contributed by atoms with van der Waals surface area (Å²) in [5.41, 5.74) is 1.15. The van der Waals surface area contributed by atoms with Crippen molar-refractivity contribution in [2.24, 2.45) is 4.99 Å². The molecule has 0 saturated carbocycles. The Labute approximate surface area is 154 Å². The number of rotatable bonds is 7. The van der Waals surface area contributed by atoms with Crippen molar-refractivity contribution in [3.63, 3.8) is 0 Å². The van der Waals surface area contributed by atoms with E-state index in [0.717, 1.165) is 47.8 Å². The highest BCUT2D eigenvalue weighted by Gasteiger charge is 2.00. The summed E-state index contributed by atoms with van der Waals surface area (Å²) in [6.07, 6.45) is 3.64. The van der Waals surface area contributed by atoms with E-state index in [0.29, 0.717) is 5.15 Å².